The van der Waals surface area contributed by atoms with Crippen LogP contribution in [-0.4, -0.2) is 53.9 Å². The lowest BCUT2D eigenvalue weighted by molar-refractivity contribution is -0.135. The lowest BCUT2D eigenvalue weighted by atomic mass is 9.81. The molecule has 2 aliphatic rings. The minimum absolute atomic E-state index is 0.0112. The highest BCUT2D eigenvalue weighted by atomic mass is 16.5. The molecule has 3 heterocycles. The maximum absolute atomic E-state index is 12.7. The summed E-state index contributed by atoms with van der Waals surface area (Å²) in [6.07, 6.45) is 3.68. The first-order valence-corrected chi connectivity index (χ1v) is 10.0. The number of rotatable bonds is 5. The zero-order valence-electron chi connectivity index (χ0n) is 16.3. The summed E-state index contributed by atoms with van der Waals surface area (Å²) in [5.41, 5.74) is -0.298. The first kappa shape index (κ1) is 18.9. The summed E-state index contributed by atoms with van der Waals surface area (Å²) in [5.74, 6) is 2.38. The van der Waals surface area contributed by atoms with E-state index < -0.39 is 0 Å². The van der Waals surface area contributed by atoms with E-state index >= 15 is 0 Å². The van der Waals surface area contributed by atoms with Crippen molar-refractivity contribution in [2.45, 2.75) is 43.9 Å². The van der Waals surface area contributed by atoms with Crippen LogP contribution in [0.1, 0.15) is 50.2 Å². The summed E-state index contributed by atoms with van der Waals surface area (Å²) in [4.78, 5) is 19.2. The van der Waals surface area contributed by atoms with Crippen LogP contribution in [0.15, 0.2) is 34.9 Å². The zero-order valence-corrected chi connectivity index (χ0v) is 16.3. The predicted octanol–water partition coefficient (Wildman–Crippen LogP) is 2.92. The predicted molar refractivity (Wildman–Crippen MR) is 102 cm³/mol. The Labute approximate surface area is 165 Å². The van der Waals surface area contributed by atoms with E-state index in [-0.39, 0.29) is 23.8 Å². The molecule has 0 aliphatic carbocycles. The van der Waals surface area contributed by atoms with Crippen LogP contribution in [0.4, 0.5) is 0 Å². The molecule has 0 bridgehead atoms. The summed E-state index contributed by atoms with van der Waals surface area (Å²) < 4.78 is 16.6. The molecule has 0 saturated carbocycles. The number of aromatic nitrogens is 2. The van der Waals surface area contributed by atoms with Gasteiger partial charge in [0, 0.05) is 37.6 Å². The van der Waals surface area contributed by atoms with E-state index in [2.05, 4.69) is 12.1 Å². The number of carbonyl (C=O) groups is 1. The van der Waals surface area contributed by atoms with Crippen molar-refractivity contribution in [3.8, 4) is 5.75 Å². The van der Waals surface area contributed by atoms with Crippen LogP contribution >= 0.6 is 0 Å². The first-order chi connectivity index (χ1) is 13.6. The quantitative estimate of drug-likeness (QED) is 0.788. The fourth-order valence-electron chi connectivity index (χ4n) is 3.98. The lowest BCUT2D eigenvalue weighted by Crippen LogP contribution is -2.49. The molecular formula is C21H27N3O4. The van der Waals surface area contributed by atoms with E-state index in [1.54, 1.807) is 0 Å². The van der Waals surface area contributed by atoms with Crippen molar-refractivity contribution >= 4 is 5.91 Å². The fraction of sp³-hybridized carbons (Fsp3) is 0.571. The highest BCUT2D eigenvalue weighted by Crippen LogP contribution is 2.34. The average molecular weight is 385 g/mol. The number of benzene rings is 1. The Balaban J connectivity index is 1.39. The Kier molecular flexibility index (Phi) is 5.62. The minimum atomic E-state index is -0.298. The topological polar surface area (TPSA) is 77.7 Å². The van der Waals surface area contributed by atoms with Crippen LogP contribution in [0.5, 0.6) is 5.75 Å². The van der Waals surface area contributed by atoms with Crippen LogP contribution in [0.3, 0.4) is 0 Å². The molecule has 0 N–H and O–H groups in total. The van der Waals surface area contributed by atoms with Crippen molar-refractivity contribution in [2.75, 3.05) is 32.9 Å². The van der Waals surface area contributed by atoms with E-state index in [1.165, 1.54) is 0 Å². The second-order valence-corrected chi connectivity index (χ2v) is 7.92. The molecule has 1 unspecified atom stereocenters. The van der Waals surface area contributed by atoms with Gasteiger partial charge < -0.3 is 18.9 Å². The van der Waals surface area contributed by atoms with E-state index in [4.69, 9.17) is 19.0 Å². The molecule has 7 heteroatoms. The lowest BCUT2D eigenvalue weighted by Gasteiger charge is -2.38. The number of hydrogen-bond acceptors (Lipinski definition) is 6. The van der Waals surface area contributed by atoms with Gasteiger partial charge in [-0.3, -0.25) is 4.79 Å². The molecule has 7 nitrogen and oxygen atoms in total. The molecule has 2 aromatic rings. The number of ether oxygens (including phenoxy) is 2. The Hall–Kier alpha value is -2.41. The fourth-order valence-corrected chi connectivity index (χ4v) is 3.98. The summed E-state index contributed by atoms with van der Waals surface area (Å²) >= 11 is 0. The van der Waals surface area contributed by atoms with Gasteiger partial charge in [-0.2, -0.15) is 4.98 Å². The van der Waals surface area contributed by atoms with Gasteiger partial charge in [0.05, 0.1) is 0 Å². The molecule has 4 rings (SSSR count). The largest absolute Gasteiger partial charge is 0.484 e. The monoisotopic (exact) mass is 385 g/mol. The third kappa shape index (κ3) is 4.19. The minimum Gasteiger partial charge on any atom is -0.484 e. The number of hydrogen-bond donors (Lipinski definition) is 0. The van der Waals surface area contributed by atoms with Gasteiger partial charge in [-0.25, -0.2) is 0 Å². The van der Waals surface area contributed by atoms with Crippen LogP contribution in [0.2, 0.25) is 0 Å². The molecule has 150 valence electrons. The highest BCUT2D eigenvalue weighted by molar-refractivity contribution is 5.78. The SMILES string of the molecule is CC1(c2noc(C3CCOCC3)n2)CCCN(C(=O)COc2ccccc2)C1. The average Bonchev–Trinajstić information content (AvgIpc) is 3.25. The second-order valence-electron chi connectivity index (χ2n) is 7.92. The van der Waals surface area contributed by atoms with Crippen molar-refractivity contribution in [1.82, 2.24) is 15.0 Å². The van der Waals surface area contributed by atoms with Gasteiger partial charge in [0.15, 0.2) is 12.4 Å². The van der Waals surface area contributed by atoms with Gasteiger partial charge in [-0.1, -0.05) is 30.3 Å². The number of amides is 1. The third-order valence-corrected chi connectivity index (χ3v) is 5.71. The molecule has 2 saturated heterocycles. The van der Waals surface area contributed by atoms with Crippen LogP contribution < -0.4 is 4.74 Å². The molecular weight excluding hydrogens is 358 g/mol. The van der Waals surface area contributed by atoms with E-state index in [0.29, 0.717) is 24.0 Å². The van der Waals surface area contributed by atoms with Crippen LogP contribution in [0.25, 0.3) is 0 Å². The Bertz CT molecular complexity index is 788. The molecule has 1 aromatic heterocycles. The number of nitrogens with zero attached hydrogens (tertiary/aromatic N) is 3. The molecule has 1 amide bonds. The van der Waals surface area contributed by atoms with Crippen molar-refractivity contribution in [2.24, 2.45) is 0 Å². The number of para-hydroxylation sites is 1. The van der Waals surface area contributed by atoms with E-state index in [1.807, 2.05) is 35.2 Å². The Morgan fingerprint density at radius 1 is 1.29 bits per heavy atom. The third-order valence-electron chi connectivity index (χ3n) is 5.71. The van der Waals surface area contributed by atoms with Crippen molar-refractivity contribution < 1.29 is 18.8 Å². The Morgan fingerprint density at radius 2 is 2.07 bits per heavy atom. The highest BCUT2D eigenvalue weighted by Gasteiger charge is 2.39. The molecule has 0 spiro atoms. The molecule has 1 aromatic carbocycles. The van der Waals surface area contributed by atoms with Crippen LogP contribution in [0, 0.1) is 0 Å². The number of likely N-dealkylation sites (tertiary alicyclic amines) is 1. The van der Waals surface area contributed by atoms with Gasteiger partial charge in [0.25, 0.3) is 5.91 Å². The standard InChI is InChI=1S/C21H27N3O4/c1-21(20-22-19(28-23-20)16-8-12-26-13-9-16)10-5-11-24(15-21)18(25)14-27-17-6-3-2-4-7-17/h2-4,6-7,16H,5,8-15H2,1H3. The molecule has 2 fully saturated rings. The van der Waals surface area contributed by atoms with Crippen LogP contribution in [-0.2, 0) is 14.9 Å². The smallest absolute Gasteiger partial charge is 0.260 e. The number of piperidine rings is 1. The van der Waals surface area contributed by atoms with E-state index in [0.717, 1.165) is 45.4 Å². The summed E-state index contributed by atoms with van der Waals surface area (Å²) in [6, 6.07) is 9.41. The molecule has 1 atom stereocenters. The normalized spacial score (nSPS) is 23.5. The van der Waals surface area contributed by atoms with Gasteiger partial charge in [0.2, 0.25) is 5.89 Å². The molecule has 2 aliphatic heterocycles. The van der Waals surface area contributed by atoms with E-state index in [9.17, 15) is 4.79 Å². The van der Waals surface area contributed by atoms with Crippen molar-refractivity contribution in [3.05, 3.63) is 42.0 Å². The zero-order chi connectivity index (χ0) is 19.4. The summed E-state index contributed by atoms with van der Waals surface area (Å²) in [7, 11) is 0. The maximum atomic E-state index is 12.7. The second kappa shape index (κ2) is 8.31. The van der Waals surface area contributed by atoms with Gasteiger partial charge >= 0.3 is 0 Å². The van der Waals surface area contributed by atoms with Crippen molar-refractivity contribution in [1.29, 1.82) is 0 Å². The summed E-state index contributed by atoms with van der Waals surface area (Å²) in [5, 5.41) is 4.28. The Morgan fingerprint density at radius 3 is 2.86 bits per heavy atom. The summed E-state index contributed by atoms with van der Waals surface area (Å²) in [6.45, 7) is 4.95. The number of carbonyl (C=O) groups excluding carboxylic acids is 1. The molecule has 0 radical (unpaired) electrons. The maximum Gasteiger partial charge on any atom is 0.260 e. The van der Waals surface area contributed by atoms with Crippen molar-refractivity contribution in [3.63, 3.8) is 0 Å². The van der Waals surface area contributed by atoms with Gasteiger partial charge in [-0.05, 0) is 37.8 Å². The first-order valence-electron chi connectivity index (χ1n) is 10.0. The molecule has 28 heavy (non-hydrogen) atoms. The van der Waals surface area contributed by atoms with Gasteiger partial charge in [-0.15, -0.1) is 0 Å². The van der Waals surface area contributed by atoms with Gasteiger partial charge in [0.1, 0.15) is 5.75 Å².